The second kappa shape index (κ2) is 5.50. The molecule has 0 bridgehead atoms. The van der Waals surface area contributed by atoms with Crippen molar-refractivity contribution >= 4 is 33.7 Å². The van der Waals surface area contributed by atoms with Gasteiger partial charge < -0.3 is 0 Å². The molecule has 3 aromatic rings. The molecule has 2 heterocycles. The number of anilines is 1. The normalized spacial score (nSPS) is 15.7. The average Bonchev–Trinajstić information content (AvgIpc) is 3.18. The number of nitrogens with one attached hydrogen (secondary N) is 1. The van der Waals surface area contributed by atoms with Crippen LogP contribution in [0.2, 0.25) is 0 Å². The largest absolute Gasteiger partial charge is 0.296 e. The number of fused-ring (bicyclic) bond motifs is 3. The van der Waals surface area contributed by atoms with E-state index in [-0.39, 0.29) is 5.91 Å². The molecule has 0 aliphatic heterocycles. The SMILES string of the molecule is O=C(Nc1nnc(C2CC2)s1)c1cc2c(s1)-c1ccccc1CC2. The van der Waals surface area contributed by atoms with Crippen LogP contribution in [0.25, 0.3) is 10.4 Å². The smallest absolute Gasteiger partial charge is 0.267 e. The zero-order valence-electron chi connectivity index (χ0n) is 12.9. The summed E-state index contributed by atoms with van der Waals surface area (Å²) in [5.41, 5.74) is 3.92. The second-order valence-corrected chi connectivity index (χ2v) is 8.36. The molecule has 1 fully saturated rings. The van der Waals surface area contributed by atoms with E-state index < -0.39 is 0 Å². The van der Waals surface area contributed by atoms with Gasteiger partial charge in [0.15, 0.2) is 0 Å². The highest BCUT2D eigenvalue weighted by Gasteiger charge is 2.28. The number of benzene rings is 1. The molecule has 0 radical (unpaired) electrons. The molecular weight excluding hydrogens is 338 g/mol. The summed E-state index contributed by atoms with van der Waals surface area (Å²) in [7, 11) is 0. The van der Waals surface area contributed by atoms with Crippen LogP contribution in [-0.4, -0.2) is 16.1 Å². The molecule has 1 aromatic carbocycles. The highest BCUT2D eigenvalue weighted by atomic mass is 32.1. The third kappa shape index (κ3) is 2.46. The lowest BCUT2D eigenvalue weighted by Crippen LogP contribution is -2.09. The van der Waals surface area contributed by atoms with Crippen LogP contribution in [0.4, 0.5) is 5.13 Å². The van der Waals surface area contributed by atoms with Gasteiger partial charge in [-0.3, -0.25) is 10.1 Å². The molecule has 4 nitrogen and oxygen atoms in total. The van der Waals surface area contributed by atoms with E-state index in [1.807, 2.05) is 6.07 Å². The third-order valence-corrected chi connectivity index (χ3v) is 6.76. The first kappa shape index (κ1) is 14.3. The van der Waals surface area contributed by atoms with Crippen molar-refractivity contribution in [3.63, 3.8) is 0 Å². The van der Waals surface area contributed by atoms with E-state index >= 15 is 0 Å². The summed E-state index contributed by atoms with van der Waals surface area (Å²) in [5, 5.41) is 12.8. The molecule has 1 amide bonds. The van der Waals surface area contributed by atoms with E-state index in [1.165, 1.54) is 45.7 Å². The van der Waals surface area contributed by atoms with Crippen molar-refractivity contribution in [2.45, 2.75) is 31.6 Å². The number of rotatable bonds is 3. The van der Waals surface area contributed by atoms with Crippen molar-refractivity contribution in [2.24, 2.45) is 0 Å². The van der Waals surface area contributed by atoms with Gasteiger partial charge in [-0.1, -0.05) is 35.6 Å². The van der Waals surface area contributed by atoms with E-state index in [9.17, 15) is 4.79 Å². The van der Waals surface area contributed by atoms with E-state index in [4.69, 9.17) is 0 Å². The maximum Gasteiger partial charge on any atom is 0.267 e. The van der Waals surface area contributed by atoms with Gasteiger partial charge in [0.05, 0.1) is 4.88 Å². The highest BCUT2D eigenvalue weighted by Crippen LogP contribution is 2.42. The molecule has 2 aliphatic rings. The standard InChI is InChI=1S/C18H15N3OS2/c22-16(19-18-21-20-17(24-18)11-6-7-11)14-9-12-8-5-10-3-1-2-4-13(10)15(12)23-14/h1-4,9,11H,5-8H2,(H,19,21,22). The zero-order chi connectivity index (χ0) is 16.1. The van der Waals surface area contributed by atoms with Crippen LogP contribution in [0.1, 0.15) is 44.6 Å². The van der Waals surface area contributed by atoms with E-state index in [1.54, 1.807) is 11.3 Å². The molecule has 24 heavy (non-hydrogen) atoms. The first-order valence-corrected chi connectivity index (χ1v) is 9.77. The Kier molecular flexibility index (Phi) is 3.28. The molecule has 2 aromatic heterocycles. The van der Waals surface area contributed by atoms with Gasteiger partial charge in [-0.05, 0) is 48.4 Å². The second-order valence-electron chi connectivity index (χ2n) is 6.30. The van der Waals surface area contributed by atoms with Crippen molar-refractivity contribution < 1.29 is 4.79 Å². The fraction of sp³-hybridized carbons (Fsp3) is 0.278. The minimum absolute atomic E-state index is 0.0784. The Hall–Kier alpha value is -2.05. The van der Waals surface area contributed by atoms with Crippen LogP contribution in [0, 0.1) is 0 Å². The Morgan fingerprint density at radius 1 is 1.08 bits per heavy atom. The Balaban J connectivity index is 1.41. The number of carbonyl (C=O) groups is 1. The molecule has 5 rings (SSSR count). The number of aromatic nitrogens is 2. The molecular formula is C18H15N3OS2. The quantitative estimate of drug-likeness (QED) is 0.754. The number of thiophene rings is 1. The van der Waals surface area contributed by atoms with Gasteiger partial charge in [0.2, 0.25) is 5.13 Å². The Morgan fingerprint density at radius 2 is 1.92 bits per heavy atom. The summed E-state index contributed by atoms with van der Waals surface area (Å²) in [6, 6.07) is 10.5. The number of carbonyl (C=O) groups excluding carboxylic acids is 1. The molecule has 1 saturated carbocycles. The number of nitrogens with zero attached hydrogens (tertiary/aromatic N) is 2. The van der Waals surface area contributed by atoms with Crippen LogP contribution < -0.4 is 5.32 Å². The Bertz CT molecular complexity index is 939. The van der Waals surface area contributed by atoms with Crippen molar-refractivity contribution in [2.75, 3.05) is 5.32 Å². The number of hydrogen-bond acceptors (Lipinski definition) is 5. The Morgan fingerprint density at radius 3 is 2.79 bits per heavy atom. The topological polar surface area (TPSA) is 54.9 Å². The molecule has 0 atom stereocenters. The summed E-state index contributed by atoms with van der Waals surface area (Å²) in [6.45, 7) is 0. The summed E-state index contributed by atoms with van der Waals surface area (Å²) < 4.78 is 0. The molecule has 1 N–H and O–H groups in total. The predicted octanol–water partition coefficient (Wildman–Crippen LogP) is 4.49. The van der Waals surface area contributed by atoms with Crippen LogP contribution in [0.5, 0.6) is 0 Å². The van der Waals surface area contributed by atoms with Crippen molar-refractivity contribution in [3.8, 4) is 10.4 Å². The minimum Gasteiger partial charge on any atom is -0.296 e. The number of amides is 1. The van der Waals surface area contributed by atoms with Gasteiger partial charge in [0.1, 0.15) is 5.01 Å². The lowest BCUT2D eigenvalue weighted by atomic mass is 9.91. The maximum absolute atomic E-state index is 12.6. The molecule has 0 unspecified atom stereocenters. The molecule has 0 saturated heterocycles. The van der Waals surface area contributed by atoms with Gasteiger partial charge in [-0.15, -0.1) is 21.5 Å². The number of hydrogen-bond donors (Lipinski definition) is 1. The summed E-state index contributed by atoms with van der Waals surface area (Å²) in [5.74, 6) is 0.490. The average molecular weight is 353 g/mol. The van der Waals surface area contributed by atoms with Crippen LogP contribution in [0.3, 0.4) is 0 Å². The molecule has 6 heteroatoms. The van der Waals surface area contributed by atoms with Crippen LogP contribution in [0.15, 0.2) is 30.3 Å². The monoisotopic (exact) mass is 353 g/mol. The summed E-state index contributed by atoms with van der Waals surface area (Å²) in [4.78, 5) is 14.6. The van der Waals surface area contributed by atoms with E-state index in [2.05, 4.69) is 39.8 Å². The van der Waals surface area contributed by atoms with Crippen molar-refractivity contribution in [3.05, 3.63) is 51.3 Å². The number of aryl methyl sites for hydroxylation is 2. The summed E-state index contributed by atoms with van der Waals surface area (Å²) >= 11 is 3.08. The minimum atomic E-state index is -0.0784. The lowest BCUT2D eigenvalue weighted by molar-refractivity contribution is 0.103. The van der Waals surface area contributed by atoms with Gasteiger partial charge >= 0.3 is 0 Å². The highest BCUT2D eigenvalue weighted by molar-refractivity contribution is 7.18. The molecule has 0 spiro atoms. The van der Waals surface area contributed by atoms with Crippen LogP contribution >= 0.6 is 22.7 Å². The third-order valence-electron chi connectivity index (χ3n) is 4.55. The zero-order valence-corrected chi connectivity index (χ0v) is 14.5. The van der Waals surface area contributed by atoms with Crippen LogP contribution in [-0.2, 0) is 12.8 Å². The first-order valence-electron chi connectivity index (χ1n) is 8.13. The fourth-order valence-corrected chi connectivity index (χ4v) is 5.20. The Labute approximate surface area is 147 Å². The van der Waals surface area contributed by atoms with E-state index in [0.717, 1.165) is 22.7 Å². The first-order chi connectivity index (χ1) is 11.8. The van der Waals surface area contributed by atoms with Gasteiger partial charge in [0, 0.05) is 10.8 Å². The van der Waals surface area contributed by atoms with Crippen molar-refractivity contribution in [1.29, 1.82) is 0 Å². The van der Waals surface area contributed by atoms with Gasteiger partial charge in [-0.25, -0.2) is 0 Å². The fourth-order valence-electron chi connectivity index (χ4n) is 3.12. The van der Waals surface area contributed by atoms with Gasteiger partial charge in [0.25, 0.3) is 5.91 Å². The molecule has 120 valence electrons. The van der Waals surface area contributed by atoms with Gasteiger partial charge in [-0.2, -0.15) is 0 Å². The molecule has 2 aliphatic carbocycles. The lowest BCUT2D eigenvalue weighted by Gasteiger charge is -2.15. The van der Waals surface area contributed by atoms with E-state index in [0.29, 0.717) is 11.0 Å². The summed E-state index contributed by atoms with van der Waals surface area (Å²) in [6.07, 6.45) is 4.43. The van der Waals surface area contributed by atoms with Crippen molar-refractivity contribution in [1.82, 2.24) is 10.2 Å². The predicted molar refractivity (Wildman–Crippen MR) is 97.0 cm³/mol. The maximum atomic E-state index is 12.6.